The first-order valence-electron chi connectivity index (χ1n) is 6.31. The second-order valence-corrected chi connectivity index (χ2v) is 5.12. The Morgan fingerprint density at radius 2 is 2.00 bits per heavy atom. The lowest BCUT2D eigenvalue weighted by Crippen LogP contribution is -2.13. The first-order valence-corrected chi connectivity index (χ1v) is 6.69. The summed E-state index contributed by atoms with van der Waals surface area (Å²) in [7, 11) is 0. The van der Waals surface area contributed by atoms with Gasteiger partial charge < -0.3 is 20.5 Å². The molecule has 2 aromatic carbocycles. The molecule has 0 saturated heterocycles. The third kappa shape index (κ3) is 2.60. The summed E-state index contributed by atoms with van der Waals surface area (Å²) < 4.78 is 10.5. The number of anilines is 2. The summed E-state index contributed by atoms with van der Waals surface area (Å²) >= 11 is 6.05. The van der Waals surface area contributed by atoms with Gasteiger partial charge in [0.15, 0.2) is 11.5 Å². The molecule has 21 heavy (non-hydrogen) atoms. The van der Waals surface area contributed by atoms with E-state index in [-0.39, 0.29) is 12.7 Å². The second kappa shape index (κ2) is 5.18. The van der Waals surface area contributed by atoms with Crippen molar-refractivity contribution in [2.45, 2.75) is 6.92 Å². The number of ether oxygens (including phenoxy) is 2. The van der Waals surface area contributed by atoms with Crippen molar-refractivity contribution in [2.24, 2.45) is 0 Å². The molecule has 1 amide bonds. The van der Waals surface area contributed by atoms with Gasteiger partial charge in [0.25, 0.3) is 5.91 Å². The summed E-state index contributed by atoms with van der Waals surface area (Å²) in [5.41, 5.74) is 8.14. The fourth-order valence-corrected chi connectivity index (χ4v) is 2.21. The van der Waals surface area contributed by atoms with Gasteiger partial charge in [0, 0.05) is 10.6 Å². The average Bonchev–Trinajstić information content (AvgIpc) is 2.92. The molecule has 5 nitrogen and oxygen atoms in total. The molecule has 0 radical (unpaired) electrons. The van der Waals surface area contributed by atoms with Gasteiger partial charge in [0.1, 0.15) is 0 Å². The lowest BCUT2D eigenvalue weighted by atomic mass is 10.1. The number of rotatable bonds is 2. The van der Waals surface area contributed by atoms with E-state index in [0.717, 1.165) is 5.56 Å². The second-order valence-electron chi connectivity index (χ2n) is 4.71. The molecule has 0 atom stereocenters. The topological polar surface area (TPSA) is 73.6 Å². The molecule has 1 aliphatic heterocycles. The van der Waals surface area contributed by atoms with Crippen LogP contribution in [0.3, 0.4) is 0 Å². The van der Waals surface area contributed by atoms with Crippen LogP contribution >= 0.6 is 11.6 Å². The Bertz CT molecular complexity index is 731. The Kier molecular flexibility index (Phi) is 3.35. The van der Waals surface area contributed by atoms with E-state index in [0.29, 0.717) is 33.5 Å². The lowest BCUT2D eigenvalue weighted by molar-refractivity contribution is 0.102. The van der Waals surface area contributed by atoms with Crippen molar-refractivity contribution in [3.8, 4) is 11.5 Å². The summed E-state index contributed by atoms with van der Waals surface area (Å²) in [6, 6.07) is 8.34. The van der Waals surface area contributed by atoms with Crippen molar-refractivity contribution < 1.29 is 14.3 Å². The van der Waals surface area contributed by atoms with Crippen molar-refractivity contribution in [1.29, 1.82) is 0 Å². The molecular weight excluding hydrogens is 292 g/mol. The van der Waals surface area contributed by atoms with Crippen molar-refractivity contribution in [2.75, 3.05) is 17.8 Å². The first kappa shape index (κ1) is 13.6. The summed E-state index contributed by atoms with van der Waals surface area (Å²) in [6.07, 6.45) is 0. The van der Waals surface area contributed by atoms with E-state index in [2.05, 4.69) is 5.32 Å². The Morgan fingerprint density at radius 3 is 2.81 bits per heavy atom. The molecule has 0 unspecified atom stereocenters. The number of benzene rings is 2. The molecule has 0 saturated carbocycles. The van der Waals surface area contributed by atoms with Gasteiger partial charge in [-0.2, -0.15) is 0 Å². The monoisotopic (exact) mass is 304 g/mol. The van der Waals surface area contributed by atoms with Crippen LogP contribution in [0.2, 0.25) is 5.02 Å². The lowest BCUT2D eigenvalue weighted by Gasteiger charge is -2.10. The number of aryl methyl sites for hydroxylation is 1. The zero-order valence-corrected chi connectivity index (χ0v) is 12.0. The molecule has 1 heterocycles. The maximum Gasteiger partial charge on any atom is 0.255 e. The van der Waals surface area contributed by atoms with Gasteiger partial charge in [0.2, 0.25) is 6.79 Å². The van der Waals surface area contributed by atoms with Crippen LogP contribution in [0.15, 0.2) is 30.3 Å². The number of carbonyl (C=O) groups excluding carboxylic acids is 1. The minimum atomic E-state index is -0.292. The Balaban J connectivity index is 1.85. The zero-order valence-electron chi connectivity index (χ0n) is 11.3. The van der Waals surface area contributed by atoms with Crippen LogP contribution in [0.4, 0.5) is 11.4 Å². The summed E-state index contributed by atoms with van der Waals surface area (Å²) in [5.74, 6) is 0.891. The Labute approximate surface area is 126 Å². The summed E-state index contributed by atoms with van der Waals surface area (Å²) in [4.78, 5) is 12.3. The van der Waals surface area contributed by atoms with Crippen molar-refractivity contribution in [1.82, 2.24) is 0 Å². The average molecular weight is 305 g/mol. The van der Waals surface area contributed by atoms with E-state index in [1.807, 2.05) is 6.92 Å². The first-order chi connectivity index (χ1) is 10.0. The predicted octanol–water partition coefficient (Wildman–Crippen LogP) is 3.21. The molecule has 6 heteroatoms. The quantitative estimate of drug-likeness (QED) is 0.836. The predicted molar refractivity (Wildman–Crippen MR) is 81.1 cm³/mol. The minimum absolute atomic E-state index is 0.168. The van der Waals surface area contributed by atoms with E-state index in [1.54, 1.807) is 30.3 Å². The van der Waals surface area contributed by atoms with Crippen LogP contribution < -0.4 is 20.5 Å². The van der Waals surface area contributed by atoms with Gasteiger partial charge in [-0.25, -0.2) is 0 Å². The summed E-state index contributed by atoms with van der Waals surface area (Å²) in [5, 5.41) is 3.29. The van der Waals surface area contributed by atoms with E-state index < -0.39 is 0 Å². The van der Waals surface area contributed by atoms with Crippen LogP contribution in [0.5, 0.6) is 11.5 Å². The highest BCUT2D eigenvalue weighted by atomic mass is 35.5. The number of nitrogen functional groups attached to an aromatic ring is 1. The normalized spacial score (nSPS) is 12.3. The number of halogens is 1. The highest BCUT2D eigenvalue weighted by molar-refractivity contribution is 6.32. The Morgan fingerprint density at radius 1 is 1.24 bits per heavy atom. The van der Waals surface area contributed by atoms with Gasteiger partial charge >= 0.3 is 0 Å². The molecule has 0 fully saturated rings. The molecule has 2 aromatic rings. The maximum atomic E-state index is 12.3. The maximum absolute atomic E-state index is 12.3. The molecule has 3 rings (SSSR count). The molecular formula is C15H13ClN2O3. The van der Waals surface area contributed by atoms with Crippen LogP contribution in [0.1, 0.15) is 15.9 Å². The van der Waals surface area contributed by atoms with Gasteiger partial charge in [-0.3, -0.25) is 4.79 Å². The molecule has 0 bridgehead atoms. The zero-order chi connectivity index (χ0) is 15.0. The SMILES string of the molecule is Cc1cc(N)c(NC(=O)c2ccc3c(c2)OCO3)cc1Cl. The highest BCUT2D eigenvalue weighted by Crippen LogP contribution is 2.33. The van der Waals surface area contributed by atoms with Crippen LogP contribution in [-0.4, -0.2) is 12.7 Å². The van der Waals surface area contributed by atoms with Gasteiger partial charge in [-0.15, -0.1) is 0 Å². The third-order valence-electron chi connectivity index (χ3n) is 3.21. The molecule has 0 aromatic heterocycles. The Hall–Kier alpha value is -2.40. The molecule has 1 aliphatic rings. The minimum Gasteiger partial charge on any atom is -0.454 e. The van der Waals surface area contributed by atoms with E-state index >= 15 is 0 Å². The molecule has 0 aliphatic carbocycles. The number of hydrogen-bond acceptors (Lipinski definition) is 4. The highest BCUT2D eigenvalue weighted by Gasteiger charge is 2.17. The molecule has 108 valence electrons. The van der Waals surface area contributed by atoms with Crippen LogP contribution in [-0.2, 0) is 0 Å². The number of hydrogen-bond donors (Lipinski definition) is 2. The van der Waals surface area contributed by atoms with Crippen molar-refractivity contribution >= 4 is 28.9 Å². The number of amides is 1. The standard InChI is InChI=1S/C15H13ClN2O3/c1-8-4-11(17)12(6-10(8)16)18-15(19)9-2-3-13-14(5-9)21-7-20-13/h2-6H,7,17H2,1H3,(H,18,19). The van der Waals surface area contributed by atoms with Gasteiger partial charge in [-0.1, -0.05) is 11.6 Å². The summed E-state index contributed by atoms with van der Waals surface area (Å²) in [6.45, 7) is 2.02. The fraction of sp³-hybridized carbons (Fsp3) is 0.133. The van der Waals surface area contributed by atoms with Crippen molar-refractivity contribution in [3.63, 3.8) is 0 Å². The van der Waals surface area contributed by atoms with Crippen LogP contribution in [0.25, 0.3) is 0 Å². The van der Waals surface area contributed by atoms with Gasteiger partial charge in [0.05, 0.1) is 11.4 Å². The van der Waals surface area contributed by atoms with E-state index in [4.69, 9.17) is 26.8 Å². The van der Waals surface area contributed by atoms with E-state index in [9.17, 15) is 4.79 Å². The smallest absolute Gasteiger partial charge is 0.255 e. The molecule has 3 N–H and O–H groups in total. The van der Waals surface area contributed by atoms with Gasteiger partial charge in [-0.05, 0) is 42.8 Å². The number of carbonyl (C=O) groups is 1. The largest absolute Gasteiger partial charge is 0.454 e. The fourth-order valence-electron chi connectivity index (χ4n) is 2.04. The van der Waals surface area contributed by atoms with E-state index in [1.165, 1.54) is 0 Å². The molecule has 0 spiro atoms. The van der Waals surface area contributed by atoms with Crippen molar-refractivity contribution in [3.05, 3.63) is 46.5 Å². The van der Waals surface area contributed by atoms with Crippen LogP contribution in [0, 0.1) is 6.92 Å². The third-order valence-corrected chi connectivity index (χ3v) is 3.62. The number of nitrogens with two attached hydrogens (primary N) is 1. The number of nitrogens with one attached hydrogen (secondary N) is 1. The number of fused-ring (bicyclic) bond motifs is 1.